The van der Waals surface area contributed by atoms with Crippen molar-refractivity contribution in [3.8, 4) is 0 Å². The molecule has 5 nitrogen and oxygen atoms in total. The van der Waals surface area contributed by atoms with Crippen LogP contribution in [0.5, 0.6) is 0 Å². The summed E-state index contributed by atoms with van der Waals surface area (Å²) < 4.78 is 5.33. The lowest BCUT2D eigenvalue weighted by atomic mass is 9.90. The van der Waals surface area contributed by atoms with Gasteiger partial charge in [0.25, 0.3) is 6.47 Å². The molecule has 0 saturated carbocycles. The molecule has 0 saturated heterocycles. The van der Waals surface area contributed by atoms with Crippen molar-refractivity contribution >= 4 is 6.47 Å². The van der Waals surface area contributed by atoms with E-state index in [4.69, 9.17) is 4.74 Å². The number of nitrogens with one attached hydrogen (secondary N) is 1. The molecule has 0 amide bonds. The molecule has 0 aliphatic rings. The number of nitrogens with zero attached hydrogens (tertiary/aromatic N) is 2. The first-order chi connectivity index (χ1) is 10.3. The monoisotopic (exact) mass is 287 g/mol. The Hall–Kier alpha value is -2.17. The number of carbonyl (C=O) groups excluding carboxylic acids is 1. The van der Waals surface area contributed by atoms with Crippen molar-refractivity contribution in [3.63, 3.8) is 0 Å². The van der Waals surface area contributed by atoms with Gasteiger partial charge < -0.3 is 4.74 Å². The first kappa shape index (κ1) is 15.2. The van der Waals surface area contributed by atoms with Gasteiger partial charge >= 0.3 is 0 Å². The Morgan fingerprint density at radius 3 is 2.76 bits per heavy atom. The molecular weight excluding hydrogens is 266 g/mol. The highest BCUT2D eigenvalue weighted by Gasteiger charge is 2.27. The summed E-state index contributed by atoms with van der Waals surface area (Å²) in [6.45, 7) is 2.66. The summed E-state index contributed by atoms with van der Waals surface area (Å²) in [7, 11) is 0. The quantitative estimate of drug-likeness (QED) is 0.720. The second-order valence-corrected chi connectivity index (χ2v) is 5.08. The number of ether oxygens (including phenoxy) is 1. The maximum Gasteiger partial charge on any atom is 0.293 e. The number of unbranched alkanes of at least 4 members (excludes halogenated alkanes) is 1. The van der Waals surface area contributed by atoms with Gasteiger partial charge in [-0.2, -0.15) is 5.10 Å². The van der Waals surface area contributed by atoms with Crippen LogP contribution in [0.25, 0.3) is 0 Å². The summed E-state index contributed by atoms with van der Waals surface area (Å²) in [6.07, 6.45) is 4.97. The lowest BCUT2D eigenvalue weighted by Crippen LogP contribution is -2.25. The minimum Gasteiger partial charge on any atom is -0.464 e. The molecule has 21 heavy (non-hydrogen) atoms. The van der Waals surface area contributed by atoms with E-state index >= 15 is 0 Å². The van der Waals surface area contributed by atoms with Crippen LogP contribution in [0.2, 0.25) is 0 Å². The van der Waals surface area contributed by atoms with Crippen molar-refractivity contribution in [2.24, 2.45) is 0 Å². The second kappa shape index (κ2) is 8.19. The summed E-state index contributed by atoms with van der Waals surface area (Å²) in [5, 5.41) is 6.84. The van der Waals surface area contributed by atoms with Crippen LogP contribution in [0.3, 0.4) is 0 Å². The van der Waals surface area contributed by atoms with E-state index in [9.17, 15) is 4.79 Å². The third kappa shape index (κ3) is 4.41. The van der Waals surface area contributed by atoms with E-state index in [2.05, 4.69) is 34.2 Å². The molecule has 2 unspecified atom stereocenters. The third-order valence-corrected chi connectivity index (χ3v) is 3.60. The summed E-state index contributed by atoms with van der Waals surface area (Å²) in [6, 6.07) is 10.1. The van der Waals surface area contributed by atoms with Crippen molar-refractivity contribution in [2.75, 3.05) is 0 Å². The number of rotatable bonds is 9. The molecule has 0 spiro atoms. The zero-order valence-corrected chi connectivity index (χ0v) is 12.2. The molecule has 112 valence electrons. The van der Waals surface area contributed by atoms with E-state index in [-0.39, 0.29) is 12.0 Å². The molecule has 2 atom stereocenters. The minimum absolute atomic E-state index is 0.00773. The van der Waals surface area contributed by atoms with Crippen molar-refractivity contribution < 1.29 is 9.53 Å². The van der Waals surface area contributed by atoms with Gasteiger partial charge in [0.15, 0.2) is 0 Å². The van der Waals surface area contributed by atoms with Crippen LogP contribution in [0.15, 0.2) is 36.7 Å². The molecule has 1 aromatic carbocycles. The van der Waals surface area contributed by atoms with Gasteiger partial charge in [-0.3, -0.25) is 9.89 Å². The van der Waals surface area contributed by atoms with Gasteiger partial charge in [-0.1, -0.05) is 50.1 Å². The normalized spacial score (nSPS) is 13.6. The Labute approximate surface area is 124 Å². The van der Waals surface area contributed by atoms with Crippen LogP contribution in [-0.4, -0.2) is 27.8 Å². The van der Waals surface area contributed by atoms with E-state index in [0.717, 1.165) is 31.5 Å². The number of H-pyrrole nitrogens is 1. The highest BCUT2D eigenvalue weighted by Crippen LogP contribution is 2.26. The lowest BCUT2D eigenvalue weighted by molar-refractivity contribution is -0.135. The zero-order chi connectivity index (χ0) is 14.9. The molecule has 0 bridgehead atoms. The highest BCUT2D eigenvalue weighted by molar-refractivity contribution is 5.38. The predicted molar refractivity (Wildman–Crippen MR) is 79.7 cm³/mol. The lowest BCUT2D eigenvalue weighted by Gasteiger charge is -2.24. The predicted octanol–water partition coefficient (Wildman–Crippen LogP) is 2.86. The fourth-order valence-electron chi connectivity index (χ4n) is 2.51. The Morgan fingerprint density at radius 2 is 2.14 bits per heavy atom. The van der Waals surface area contributed by atoms with Crippen LogP contribution in [0, 0.1) is 0 Å². The van der Waals surface area contributed by atoms with Crippen molar-refractivity contribution in [2.45, 2.75) is 44.6 Å². The first-order valence-electron chi connectivity index (χ1n) is 7.33. The van der Waals surface area contributed by atoms with Gasteiger partial charge in [0, 0.05) is 0 Å². The standard InChI is InChI=1S/C16H21N3O2/c1-2-3-9-15(21-12-20)14(16-17-11-18-19-16)10-13-7-5-4-6-8-13/h4-8,11-12,14-15H,2-3,9-10H2,1H3,(H,17,18,19). The summed E-state index contributed by atoms with van der Waals surface area (Å²) in [5.41, 5.74) is 1.19. The molecule has 5 heteroatoms. The molecule has 1 N–H and O–H groups in total. The van der Waals surface area contributed by atoms with E-state index < -0.39 is 0 Å². The molecule has 2 aromatic rings. The third-order valence-electron chi connectivity index (χ3n) is 3.60. The molecule has 0 radical (unpaired) electrons. The second-order valence-electron chi connectivity index (χ2n) is 5.08. The average molecular weight is 287 g/mol. The maximum atomic E-state index is 10.8. The zero-order valence-electron chi connectivity index (χ0n) is 12.2. The summed E-state index contributed by atoms with van der Waals surface area (Å²) >= 11 is 0. The number of aromatic nitrogens is 3. The molecule has 0 fully saturated rings. The molecule has 1 heterocycles. The largest absolute Gasteiger partial charge is 0.464 e. The van der Waals surface area contributed by atoms with Crippen LogP contribution in [0.4, 0.5) is 0 Å². The van der Waals surface area contributed by atoms with Crippen molar-refractivity contribution in [1.82, 2.24) is 15.2 Å². The van der Waals surface area contributed by atoms with Crippen LogP contribution < -0.4 is 0 Å². The number of aromatic amines is 1. The fourth-order valence-corrected chi connectivity index (χ4v) is 2.51. The number of hydrogen-bond acceptors (Lipinski definition) is 4. The maximum absolute atomic E-state index is 10.8. The highest BCUT2D eigenvalue weighted by atomic mass is 16.5. The summed E-state index contributed by atoms with van der Waals surface area (Å²) in [5.74, 6) is 0.758. The van der Waals surface area contributed by atoms with Crippen LogP contribution in [-0.2, 0) is 16.0 Å². The van der Waals surface area contributed by atoms with Gasteiger partial charge in [-0.15, -0.1) is 0 Å². The molecule has 1 aromatic heterocycles. The SMILES string of the molecule is CCCCC(OC=O)C(Cc1ccccc1)c1ncn[nH]1. The van der Waals surface area contributed by atoms with Crippen LogP contribution in [0.1, 0.15) is 43.5 Å². The number of hydrogen-bond donors (Lipinski definition) is 1. The van der Waals surface area contributed by atoms with E-state index in [1.54, 1.807) is 0 Å². The van der Waals surface area contributed by atoms with E-state index in [1.807, 2.05) is 18.2 Å². The van der Waals surface area contributed by atoms with Crippen LogP contribution >= 0.6 is 0 Å². The molecule has 0 aliphatic heterocycles. The smallest absolute Gasteiger partial charge is 0.293 e. The van der Waals surface area contributed by atoms with Gasteiger partial charge in [0.1, 0.15) is 18.3 Å². The van der Waals surface area contributed by atoms with Gasteiger partial charge in [-0.05, 0) is 18.4 Å². The Kier molecular flexibility index (Phi) is 5.94. The fraction of sp³-hybridized carbons (Fsp3) is 0.438. The van der Waals surface area contributed by atoms with Gasteiger partial charge in [0.05, 0.1) is 5.92 Å². The molecule has 0 aliphatic carbocycles. The molecule has 2 rings (SSSR count). The minimum atomic E-state index is -0.185. The summed E-state index contributed by atoms with van der Waals surface area (Å²) in [4.78, 5) is 15.1. The van der Waals surface area contributed by atoms with E-state index in [0.29, 0.717) is 6.47 Å². The Balaban J connectivity index is 2.19. The van der Waals surface area contributed by atoms with Gasteiger partial charge in [-0.25, -0.2) is 4.98 Å². The van der Waals surface area contributed by atoms with Crippen molar-refractivity contribution in [3.05, 3.63) is 48.0 Å². The average Bonchev–Trinajstić information content (AvgIpc) is 3.04. The van der Waals surface area contributed by atoms with Gasteiger partial charge in [0.2, 0.25) is 0 Å². The molecular formula is C16H21N3O2. The van der Waals surface area contributed by atoms with E-state index in [1.165, 1.54) is 11.9 Å². The number of benzene rings is 1. The Bertz CT molecular complexity index is 514. The topological polar surface area (TPSA) is 67.9 Å². The number of carbonyl (C=O) groups is 1. The van der Waals surface area contributed by atoms with Crippen molar-refractivity contribution in [1.29, 1.82) is 0 Å². The first-order valence-corrected chi connectivity index (χ1v) is 7.33. The Morgan fingerprint density at radius 1 is 1.33 bits per heavy atom.